The first kappa shape index (κ1) is 17.5. The number of rotatable bonds is 5. The zero-order chi connectivity index (χ0) is 17.7. The summed E-state index contributed by atoms with van der Waals surface area (Å²) < 4.78 is 38.3. The van der Waals surface area contributed by atoms with Crippen molar-refractivity contribution in [2.24, 2.45) is 0 Å². The lowest BCUT2D eigenvalue weighted by Crippen LogP contribution is -2.21. The van der Waals surface area contributed by atoms with Crippen LogP contribution in [0.1, 0.15) is 22.3 Å². The van der Waals surface area contributed by atoms with E-state index in [9.17, 15) is 22.8 Å². The maximum atomic E-state index is 12.8. The Labute approximate surface area is 135 Å². The van der Waals surface area contributed by atoms with Gasteiger partial charge in [0.2, 0.25) is 5.91 Å². The summed E-state index contributed by atoms with van der Waals surface area (Å²) in [5, 5.41) is 5.03. The van der Waals surface area contributed by atoms with Crippen molar-refractivity contribution in [3.8, 4) is 0 Å². The van der Waals surface area contributed by atoms with E-state index in [-0.39, 0.29) is 23.5 Å². The van der Waals surface area contributed by atoms with Crippen LogP contribution in [0, 0.1) is 0 Å². The minimum atomic E-state index is -4.47. The molecule has 0 bridgehead atoms. The van der Waals surface area contributed by atoms with Gasteiger partial charge in [-0.15, -0.1) is 0 Å². The van der Waals surface area contributed by atoms with E-state index in [1.165, 1.54) is 37.5 Å². The zero-order valence-electron chi connectivity index (χ0n) is 12.6. The first-order valence-electron chi connectivity index (χ1n) is 6.94. The molecule has 0 saturated heterocycles. The van der Waals surface area contributed by atoms with Gasteiger partial charge in [0, 0.05) is 18.9 Å². The van der Waals surface area contributed by atoms with E-state index >= 15 is 0 Å². The molecule has 8 heteroatoms. The van der Waals surface area contributed by atoms with Crippen LogP contribution >= 0.6 is 0 Å². The van der Waals surface area contributed by atoms with E-state index in [2.05, 4.69) is 15.6 Å². The Kier molecular flexibility index (Phi) is 5.18. The van der Waals surface area contributed by atoms with Crippen molar-refractivity contribution in [1.29, 1.82) is 0 Å². The first-order valence-corrected chi connectivity index (χ1v) is 6.94. The predicted octanol–water partition coefficient (Wildman–Crippen LogP) is 3.16. The van der Waals surface area contributed by atoms with E-state index < -0.39 is 23.4 Å². The lowest BCUT2D eigenvalue weighted by atomic mass is 10.1. The molecule has 0 spiro atoms. The summed E-state index contributed by atoms with van der Waals surface area (Å²) in [6, 6.07) is 7.50. The first-order chi connectivity index (χ1) is 11.3. The summed E-state index contributed by atoms with van der Waals surface area (Å²) >= 11 is 0. The summed E-state index contributed by atoms with van der Waals surface area (Å²) in [4.78, 5) is 27.4. The highest BCUT2D eigenvalue weighted by Gasteiger charge is 2.30. The normalized spacial score (nSPS) is 11.0. The number of pyridine rings is 1. The lowest BCUT2D eigenvalue weighted by molar-refractivity contribution is -0.137. The van der Waals surface area contributed by atoms with Gasteiger partial charge in [-0.25, -0.2) is 4.98 Å². The molecule has 0 unspecified atom stereocenters. The van der Waals surface area contributed by atoms with Gasteiger partial charge in [-0.2, -0.15) is 13.2 Å². The van der Waals surface area contributed by atoms with Crippen molar-refractivity contribution in [3.63, 3.8) is 0 Å². The Morgan fingerprint density at radius 2 is 1.92 bits per heavy atom. The predicted molar refractivity (Wildman–Crippen MR) is 82.0 cm³/mol. The van der Waals surface area contributed by atoms with Crippen molar-refractivity contribution < 1.29 is 22.8 Å². The van der Waals surface area contributed by atoms with Gasteiger partial charge in [0.25, 0.3) is 0 Å². The van der Waals surface area contributed by atoms with Crippen molar-refractivity contribution in [2.75, 3.05) is 12.4 Å². The van der Waals surface area contributed by atoms with Crippen LogP contribution < -0.4 is 10.6 Å². The average Bonchev–Trinajstić information content (AvgIpc) is 2.54. The van der Waals surface area contributed by atoms with Crippen LogP contribution in [0.25, 0.3) is 0 Å². The fourth-order valence-electron chi connectivity index (χ4n) is 1.97. The van der Waals surface area contributed by atoms with Crippen LogP contribution in [0.4, 0.5) is 24.7 Å². The number of hydrogen-bond donors (Lipinski definition) is 2. The van der Waals surface area contributed by atoms with Gasteiger partial charge >= 0.3 is 6.18 Å². The van der Waals surface area contributed by atoms with Crippen LogP contribution in [0.15, 0.2) is 42.6 Å². The zero-order valence-corrected chi connectivity index (χ0v) is 12.6. The molecule has 0 fully saturated rings. The SMILES string of the molecule is CNC(=O)CC(=O)c1cccnc1Nc1cccc(C(F)(F)F)c1. The number of halogens is 3. The van der Waals surface area contributed by atoms with Crippen LogP contribution in [-0.4, -0.2) is 23.7 Å². The Morgan fingerprint density at radius 3 is 2.58 bits per heavy atom. The number of hydrogen-bond acceptors (Lipinski definition) is 4. The van der Waals surface area contributed by atoms with Gasteiger partial charge < -0.3 is 10.6 Å². The van der Waals surface area contributed by atoms with Crippen LogP contribution in [0.2, 0.25) is 0 Å². The minimum absolute atomic E-state index is 0.0886. The second-order valence-electron chi connectivity index (χ2n) is 4.88. The maximum absolute atomic E-state index is 12.8. The summed E-state index contributed by atoms with van der Waals surface area (Å²) in [6.45, 7) is 0. The molecule has 0 radical (unpaired) electrons. The molecule has 0 aliphatic carbocycles. The number of anilines is 2. The van der Waals surface area contributed by atoms with E-state index in [0.717, 1.165) is 12.1 Å². The monoisotopic (exact) mass is 337 g/mol. The quantitative estimate of drug-likeness (QED) is 0.649. The van der Waals surface area contributed by atoms with Gasteiger partial charge in [0.15, 0.2) is 5.78 Å². The van der Waals surface area contributed by atoms with Crippen molar-refractivity contribution in [2.45, 2.75) is 12.6 Å². The Balaban J connectivity index is 2.28. The lowest BCUT2D eigenvalue weighted by Gasteiger charge is -2.12. The minimum Gasteiger partial charge on any atom is -0.359 e. The molecule has 1 aromatic carbocycles. The number of carbonyl (C=O) groups is 2. The number of amides is 1. The number of carbonyl (C=O) groups excluding carboxylic acids is 2. The highest BCUT2D eigenvalue weighted by molar-refractivity contribution is 6.10. The molecular formula is C16H14F3N3O2. The Hall–Kier alpha value is -2.90. The number of nitrogens with one attached hydrogen (secondary N) is 2. The van der Waals surface area contributed by atoms with E-state index in [1.54, 1.807) is 0 Å². The average molecular weight is 337 g/mol. The number of ketones is 1. The van der Waals surface area contributed by atoms with Gasteiger partial charge in [-0.05, 0) is 30.3 Å². The molecule has 0 aliphatic rings. The molecular weight excluding hydrogens is 323 g/mol. The molecule has 2 aromatic rings. The summed E-state index contributed by atoms with van der Waals surface area (Å²) in [7, 11) is 1.40. The summed E-state index contributed by atoms with van der Waals surface area (Å²) in [5.74, 6) is -0.864. The molecule has 24 heavy (non-hydrogen) atoms. The molecule has 2 N–H and O–H groups in total. The van der Waals surface area contributed by atoms with Gasteiger partial charge in [-0.3, -0.25) is 9.59 Å². The molecule has 2 rings (SSSR count). The Bertz CT molecular complexity index is 760. The van der Waals surface area contributed by atoms with Gasteiger partial charge in [0.05, 0.1) is 17.5 Å². The van der Waals surface area contributed by atoms with Crippen molar-refractivity contribution >= 4 is 23.2 Å². The number of alkyl halides is 3. The molecule has 5 nitrogen and oxygen atoms in total. The fourth-order valence-corrected chi connectivity index (χ4v) is 1.97. The highest BCUT2D eigenvalue weighted by atomic mass is 19.4. The van der Waals surface area contributed by atoms with E-state index in [1.807, 2.05) is 0 Å². The molecule has 0 aliphatic heterocycles. The summed E-state index contributed by atoms with van der Waals surface area (Å²) in [5.41, 5.74) is -0.558. The number of benzene rings is 1. The topological polar surface area (TPSA) is 71.1 Å². The third-order valence-corrected chi connectivity index (χ3v) is 3.16. The van der Waals surface area contributed by atoms with Gasteiger partial charge in [-0.1, -0.05) is 6.07 Å². The molecule has 0 saturated carbocycles. The second-order valence-corrected chi connectivity index (χ2v) is 4.88. The number of aromatic nitrogens is 1. The van der Waals surface area contributed by atoms with E-state index in [0.29, 0.717) is 0 Å². The molecule has 0 atom stereocenters. The number of Topliss-reactive ketones (excluding diaryl/α,β-unsaturated/α-hetero) is 1. The second kappa shape index (κ2) is 7.12. The van der Waals surface area contributed by atoms with Crippen LogP contribution in [0.3, 0.4) is 0 Å². The van der Waals surface area contributed by atoms with Crippen molar-refractivity contribution in [1.82, 2.24) is 10.3 Å². The Morgan fingerprint density at radius 1 is 1.17 bits per heavy atom. The molecule has 1 heterocycles. The van der Waals surface area contributed by atoms with E-state index in [4.69, 9.17) is 0 Å². The largest absolute Gasteiger partial charge is 0.416 e. The fraction of sp³-hybridized carbons (Fsp3) is 0.188. The maximum Gasteiger partial charge on any atom is 0.416 e. The number of nitrogens with zero attached hydrogens (tertiary/aromatic N) is 1. The smallest absolute Gasteiger partial charge is 0.359 e. The van der Waals surface area contributed by atoms with Gasteiger partial charge in [0.1, 0.15) is 5.82 Å². The molecule has 1 amide bonds. The highest BCUT2D eigenvalue weighted by Crippen LogP contribution is 2.31. The molecule has 126 valence electrons. The van der Waals surface area contributed by atoms with Crippen LogP contribution in [-0.2, 0) is 11.0 Å². The molecule has 1 aromatic heterocycles. The van der Waals surface area contributed by atoms with Crippen molar-refractivity contribution in [3.05, 3.63) is 53.7 Å². The standard InChI is InChI=1S/C16H14F3N3O2/c1-20-14(24)9-13(23)12-6-3-7-21-15(12)22-11-5-2-4-10(8-11)16(17,18)19/h2-8H,9H2,1H3,(H,20,24)(H,21,22). The summed E-state index contributed by atoms with van der Waals surface area (Å²) in [6.07, 6.45) is -3.45. The van der Waals surface area contributed by atoms with Crippen LogP contribution in [0.5, 0.6) is 0 Å². The third kappa shape index (κ3) is 4.31. The third-order valence-electron chi connectivity index (χ3n) is 3.16.